The van der Waals surface area contributed by atoms with E-state index in [1.165, 1.54) is 0 Å². The quantitative estimate of drug-likeness (QED) is 0.902. The molecule has 3 rings (SSSR count). The molecule has 0 aliphatic carbocycles. The molecule has 23 heavy (non-hydrogen) atoms. The molecule has 1 aromatic rings. The van der Waals surface area contributed by atoms with E-state index < -0.39 is 0 Å². The lowest BCUT2D eigenvalue weighted by Gasteiger charge is -2.41. The lowest BCUT2D eigenvalue weighted by atomic mass is 10.1. The van der Waals surface area contributed by atoms with Gasteiger partial charge in [-0.3, -0.25) is 9.69 Å². The lowest BCUT2D eigenvalue weighted by Crippen LogP contribution is -2.51. The van der Waals surface area contributed by atoms with E-state index in [1.807, 2.05) is 19.1 Å². The number of hydrogen-bond acceptors (Lipinski definition) is 5. The molecule has 1 N–H and O–H groups in total. The Labute approximate surface area is 137 Å². The van der Waals surface area contributed by atoms with E-state index in [0.717, 1.165) is 58.1 Å². The van der Waals surface area contributed by atoms with Gasteiger partial charge in [0.1, 0.15) is 5.82 Å². The maximum Gasteiger partial charge on any atom is 0.252 e. The zero-order chi connectivity index (χ0) is 16.1. The van der Waals surface area contributed by atoms with Crippen LogP contribution in [0.3, 0.4) is 0 Å². The van der Waals surface area contributed by atoms with Crippen molar-refractivity contribution in [2.24, 2.45) is 0 Å². The molecule has 0 radical (unpaired) electrons. The Balaban J connectivity index is 1.54. The van der Waals surface area contributed by atoms with Crippen LogP contribution in [0.15, 0.2) is 18.3 Å². The first-order chi connectivity index (χ1) is 11.3. The standard InChI is InChI=1S/C17H26N4O2/c1-2-18-17(22)14-3-4-16(19-13-14)21-9-7-20(8-10-21)15-5-11-23-12-6-15/h3-4,13,15H,2,5-12H2,1H3,(H,18,22). The Bertz CT molecular complexity index is 506. The Morgan fingerprint density at radius 2 is 2.00 bits per heavy atom. The number of piperazine rings is 1. The molecule has 6 heteroatoms. The number of amides is 1. The highest BCUT2D eigenvalue weighted by molar-refractivity contribution is 5.93. The summed E-state index contributed by atoms with van der Waals surface area (Å²) in [5.41, 5.74) is 0.622. The van der Waals surface area contributed by atoms with Gasteiger partial charge in [-0.2, -0.15) is 0 Å². The third-order valence-corrected chi connectivity index (χ3v) is 4.69. The smallest absolute Gasteiger partial charge is 0.252 e. The molecule has 0 atom stereocenters. The topological polar surface area (TPSA) is 57.7 Å². The predicted molar refractivity (Wildman–Crippen MR) is 89.9 cm³/mol. The van der Waals surface area contributed by atoms with Crippen LogP contribution in [0.2, 0.25) is 0 Å². The van der Waals surface area contributed by atoms with Gasteiger partial charge in [0.05, 0.1) is 5.56 Å². The molecule has 6 nitrogen and oxygen atoms in total. The van der Waals surface area contributed by atoms with E-state index >= 15 is 0 Å². The number of rotatable bonds is 4. The van der Waals surface area contributed by atoms with Crippen molar-refractivity contribution in [1.82, 2.24) is 15.2 Å². The Morgan fingerprint density at radius 3 is 2.61 bits per heavy atom. The van der Waals surface area contributed by atoms with Gasteiger partial charge in [-0.25, -0.2) is 4.98 Å². The fourth-order valence-electron chi connectivity index (χ4n) is 3.34. The second-order valence-corrected chi connectivity index (χ2v) is 6.13. The number of ether oxygens (including phenoxy) is 1. The van der Waals surface area contributed by atoms with Crippen LogP contribution in [0.1, 0.15) is 30.1 Å². The van der Waals surface area contributed by atoms with Crippen molar-refractivity contribution in [3.05, 3.63) is 23.9 Å². The van der Waals surface area contributed by atoms with Crippen molar-refractivity contribution in [2.45, 2.75) is 25.8 Å². The zero-order valence-electron chi connectivity index (χ0n) is 13.8. The third kappa shape index (κ3) is 4.00. The Hall–Kier alpha value is -1.66. The maximum atomic E-state index is 11.8. The average Bonchev–Trinajstić information content (AvgIpc) is 2.63. The number of aromatic nitrogens is 1. The lowest BCUT2D eigenvalue weighted by molar-refractivity contribution is 0.0321. The monoisotopic (exact) mass is 318 g/mol. The fraction of sp³-hybridized carbons (Fsp3) is 0.647. The zero-order valence-corrected chi connectivity index (χ0v) is 13.8. The van der Waals surface area contributed by atoms with E-state index in [1.54, 1.807) is 6.20 Å². The Morgan fingerprint density at radius 1 is 1.26 bits per heavy atom. The molecule has 0 unspecified atom stereocenters. The van der Waals surface area contributed by atoms with Gasteiger partial charge in [0.2, 0.25) is 0 Å². The van der Waals surface area contributed by atoms with E-state index in [2.05, 4.69) is 20.1 Å². The minimum Gasteiger partial charge on any atom is -0.381 e. The normalized spacial score (nSPS) is 20.5. The number of carbonyl (C=O) groups is 1. The molecular weight excluding hydrogens is 292 g/mol. The van der Waals surface area contributed by atoms with Crippen LogP contribution in [-0.4, -0.2) is 67.8 Å². The largest absolute Gasteiger partial charge is 0.381 e. The van der Waals surface area contributed by atoms with Gasteiger partial charge in [-0.1, -0.05) is 0 Å². The van der Waals surface area contributed by atoms with Gasteiger partial charge >= 0.3 is 0 Å². The first-order valence-electron chi connectivity index (χ1n) is 8.59. The van der Waals surface area contributed by atoms with Crippen molar-refractivity contribution >= 4 is 11.7 Å². The van der Waals surface area contributed by atoms with Crippen LogP contribution in [0, 0.1) is 0 Å². The van der Waals surface area contributed by atoms with Crippen molar-refractivity contribution in [3.63, 3.8) is 0 Å². The predicted octanol–water partition coefficient (Wildman–Crippen LogP) is 1.13. The molecule has 2 aliphatic heterocycles. The summed E-state index contributed by atoms with van der Waals surface area (Å²) in [6.07, 6.45) is 3.98. The van der Waals surface area contributed by atoms with Crippen LogP contribution < -0.4 is 10.2 Å². The van der Waals surface area contributed by atoms with Gasteiger partial charge in [0.15, 0.2) is 0 Å². The summed E-state index contributed by atoms with van der Waals surface area (Å²) in [5.74, 6) is 0.903. The number of carbonyl (C=O) groups excluding carboxylic acids is 1. The summed E-state index contributed by atoms with van der Waals surface area (Å²) in [4.78, 5) is 21.1. The van der Waals surface area contributed by atoms with Gasteiger partial charge in [0.25, 0.3) is 5.91 Å². The molecular formula is C17H26N4O2. The summed E-state index contributed by atoms with van der Waals surface area (Å²) in [6.45, 7) is 8.47. The van der Waals surface area contributed by atoms with Crippen LogP contribution >= 0.6 is 0 Å². The van der Waals surface area contributed by atoms with E-state index in [-0.39, 0.29) is 5.91 Å². The van der Waals surface area contributed by atoms with Gasteiger partial charge in [-0.15, -0.1) is 0 Å². The minimum absolute atomic E-state index is 0.0594. The number of nitrogens with zero attached hydrogens (tertiary/aromatic N) is 3. The maximum absolute atomic E-state index is 11.8. The van der Waals surface area contributed by atoms with Gasteiger partial charge < -0.3 is 15.0 Å². The molecule has 0 bridgehead atoms. The van der Waals surface area contributed by atoms with Gasteiger partial charge in [-0.05, 0) is 31.9 Å². The minimum atomic E-state index is -0.0594. The molecule has 126 valence electrons. The summed E-state index contributed by atoms with van der Waals surface area (Å²) in [5, 5.41) is 2.79. The summed E-state index contributed by atoms with van der Waals surface area (Å²) in [6, 6.07) is 4.49. The fourth-order valence-corrected chi connectivity index (χ4v) is 3.34. The molecule has 2 aliphatic rings. The van der Waals surface area contributed by atoms with Crippen molar-refractivity contribution in [2.75, 3.05) is 50.8 Å². The number of nitrogens with one attached hydrogen (secondary N) is 1. The highest BCUT2D eigenvalue weighted by Gasteiger charge is 2.25. The SMILES string of the molecule is CCNC(=O)c1ccc(N2CCN(C3CCOCC3)CC2)nc1. The average molecular weight is 318 g/mol. The summed E-state index contributed by atoms with van der Waals surface area (Å²) in [7, 11) is 0. The second kappa shape index (κ2) is 7.75. The molecule has 3 heterocycles. The summed E-state index contributed by atoms with van der Waals surface area (Å²) >= 11 is 0. The van der Waals surface area contributed by atoms with Crippen molar-refractivity contribution < 1.29 is 9.53 Å². The summed E-state index contributed by atoms with van der Waals surface area (Å²) < 4.78 is 5.45. The van der Waals surface area contributed by atoms with Crippen molar-refractivity contribution in [3.8, 4) is 0 Å². The van der Waals surface area contributed by atoms with Crippen LogP contribution in [0.4, 0.5) is 5.82 Å². The molecule has 0 aromatic carbocycles. The first-order valence-corrected chi connectivity index (χ1v) is 8.59. The van der Waals surface area contributed by atoms with Crippen LogP contribution in [0.5, 0.6) is 0 Å². The molecule has 1 aromatic heterocycles. The van der Waals surface area contributed by atoms with Crippen LogP contribution in [-0.2, 0) is 4.74 Å². The molecule has 2 fully saturated rings. The van der Waals surface area contributed by atoms with E-state index in [0.29, 0.717) is 18.2 Å². The molecule has 1 amide bonds. The second-order valence-electron chi connectivity index (χ2n) is 6.13. The van der Waals surface area contributed by atoms with E-state index in [9.17, 15) is 4.79 Å². The molecule has 0 spiro atoms. The molecule has 0 saturated carbocycles. The highest BCUT2D eigenvalue weighted by atomic mass is 16.5. The van der Waals surface area contributed by atoms with E-state index in [4.69, 9.17) is 4.74 Å². The number of anilines is 1. The Kier molecular flexibility index (Phi) is 5.46. The first kappa shape index (κ1) is 16.2. The number of hydrogen-bond donors (Lipinski definition) is 1. The van der Waals surface area contributed by atoms with Gasteiger partial charge in [0, 0.05) is 58.2 Å². The van der Waals surface area contributed by atoms with Crippen LogP contribution in [0.25, 0.3) is 0 Å². The van der Waals surface area contributed by atoms with Crippen molar-refractivity contribution in [1.29, 1.82) is 0 Å². The third-order valence-electron chi connectivity index (χ3n) is 4.69. The number of pyridine rings is 1. The highest BCUT2D eigenvalue weighted by Crippen LogP contribution is 2.19. The molecule has 2 saturated heterocycles.